The molecule has 0 atom stereocenters. The summed E-state index contributed by atoms with van der Waals surface area (Å²) in [4.78, 5) is 0. The minimum Gasteiger partial charge on any atom is -0.276 e. The molecule has 0 saturated heterocycles. The predicted molar refractivity (Wildman–Crippen MR) is 105 cm³/mol. The summed E-state index contributed by atoms with van der Waals surface area (Å²) in [5, 5.41) is 39.2. The van der Waals surface area contributed by atoms with E-state index in [4.69, 9.17) is 0 Å². The predicted octanol–water partition coefficient (Wildman–Crippen LogP) is 3.87. The van der Waals surface area contributed by atoms with Crippen LogP contribution in [0.25, 0.3) is 16.8 Å². The second-order valence-electron chi connectivity index (χ2n) is 5.56. The summed E-state index contributed by atoms with van der Waals surface area (Å²) in [6.45, 7) is 0. The van der Waals surface area contributed by atoms with E-state index in [1.54, 1.807) is 36.4 Å². The number of rotatable bonds is 5. The van der Waals surface area contributed by atoms with E-state index < -0.39 is 0 Å². The van der Waals surface area contributed by atoms with Crippen LogP contribution in [0.2, 0.25) is 0 Å². The van der Waals surface area contributed by atoms with Crippen LogP contribution in [0, 0.1) is 34.0 Å². The van der Waals surface area contributed by atoms with Crippen LogP contribution in [-0.4, -0.2) is 15.9 Å². The van der Waals surface area contributed by atoms with Crippen molar-refractivity contribution in [3.8, 4) is 29.5 Å². The van der Waals surface area contributed by atoms with E-state index in [1.165, 1.54) is 0 Å². The summed E-state index contributed by atoms with van der Waals surface area (Å²) in [6, 6.07) is 25.7. The Morgan fingerprint density at radius 3 is 2.14 bits per heavy atom. The van der Waals surface area contributed by atoms with Crippen LogP contribution in [0.15, 0.2) is 77.4 Å². The van der Waals surface area contributed by atoms with Crippen LogP contribution in [0.5, 0.6) is 0 Å². The Bertz CT molecular complexity index is 1140. The fourth-order valence-electron chi connectivity index (χ4n) is 2.54. The molecule has 0 amide bonds. The van der Waals surface area contributed by atoms with E-state index in [0.717, 1.165) is 11.3 Å². The Morgan fingerprint density at radius 2 is 1.54 bits per heavy atom. The minimum atomic E-state index is -0.194. The van der Waals surface area contributed by atoms with Gasteiger partial charge in [0.05, 0.1) is 5.69 Å². The van der Waals surface area contributed by atoms with Crippen molar-refractivity contribution in [2.45, 2.75) is 0 Å². The molecule has 1 aromatic heterocycles. The number of allylic oxidation sites excluding steroid dienone is 2. The van der Waals surface area contributed by atoms with Gasteiger partial charge in [-0.3, -0.25) is 10.5 Å². The molecular weight excluding hydrogens is 350 g/mol. The molecule has 7 nitrogen and oxygen atoms in total. The Morgan fingerprint density at radius 1 is 0.893 bits per heavy atom. The summed E-state index contributed by atoms with van der Waals surface area (Å²) in [6.07, 6.45) is 0. The molecule has 0 saturated carbocycles. The van der Waals surface area contributed by atoms with Gasteiger partial charge < -0.3 is 0 Å². The molecule has 0 unspecified atom stereocenters. The number of hydrazone groups is 1. The largest absolute Gasteiger partial charge is 0.276 e. The average Bonchev–Trinajstić information content (AvgIpc) is 3.24. The number of nitrogens with zero attached hydrogens (tertiary/aromatic N) is 5. The summed E-state index contributed by atoms with van der Waals surface area (Å²) < 4.78 is 0. The summed E-state index contributed by atoms with van der Waals surface area (Å²) in [7, 11) is 0. The lowest BCUT2D eigenvalue weighted by atomic mass is 9.97. The van der Waals surface area contributed by atoms with Gasteiger partial charge in [-0.2, -0.15) is 26.0 Å². The lowest BCUT2D eigenvalue weighted by molar-refractivity contribution is 1.08. The van der Waals surface area contributed by atoms with Crippen LogP contribution in [0.4, 0.5) is 5.82 Å². The fourth-order valence-corrected chi connectivity index (χ4v) is 2.54. The maximum absolute atomic E-state index is 9.56. The zero-order valence-corrected chi connectivity index (χ0v) is 14.6. The molecule has 0 radical (unpaired) electrons. The van der Waals surface area contributed by atoms with E-state index in [0.29, 0.717) is 11.4 Å². The van der Waals surface area contributed by atoms with Crippen molar-refractivity contribution >= 4 is 17.1 Å². The quantitative estimate of drug-likeness (QED) is 0.404. The molecule has 1 heterocycles. The van der Waals surface area contributed by atoms with Crippen LogP contribution < -0.4 is 5.43 Å². The van der Waals surface area contributed by atoms with Crippen LogP contribution in [0.3, 0.4) is 0 Å². The zero-order valence-electron chi connectivity index (χ0n) is 14.6. The fraction of sp³-hybridized carbons (Fsp3) is 0. The molecule has 0 fully saturated rings. The third-order valence-corrected chi connectivity index (χ3v) is 3.82. The van der Waals surface area contributed by atoms with Crippen LogP contribution in [0.1, 0.15) is 5.56 Å². The first-order chi connectivity index (χ1) is 13.8. The molecule has 0 aliphatic heterocycles. The highest BCUT2D eigenvalue weighted by atomic mass is 15.4. The molecule has 3 aromatic rings. The highest BCUT2D eigenvalue weighted by Crippen LogP contribution is 2.22. The average molecular weight is 363 g/mol. The molecule has 0 bridgehead atoms. The lowest BCUT2D eigenvalue weighted by Gasteiger charge is -2.06. The molecule has 2 aromatic carbocycles. The Kier molecular flexibility index (Phi) is 5.58. The monoisotopic (exact) mass is 363 g/mol. The number of aromatic amines is 1. The first-order valence-corrected chi connectivity index (χ1v) is 8.21. The van der Waals surface area contributed by atoms with Crippen molar-refractivity contribution in [3.63, 3.8) is 0 Å². The standard InChI is InChI=1S/C21H13N7/c22-12-17(13-23)21(16-9-5-2-6-10-16)19(14-24)26-28-20-11-18(25-27-20)15-7-3-1-4-8-15/h1-11H,(H2,25,27,28)/b26-19+. The highest BCUT2D eigenvalue weighted by Gasteiger charge is 2.16. The number of benzene rings is 2. The van der Waals surface area contributed by atoms with E-state index >= 15 is 0 Å². The van der Waals surface area contributed by atoms with E-state index in [9.17, 15) is 15.8 Å². The zero-order chi connectivity index (χ0) is 19.8. The van der Waals surface area contributed by atoms with Gasteiger partial charge in [0.2, 0.25) is 0 Å². The number of hydrogen-bond donors (Lipinski definition) is 2. The lowest BCUT2D eigenvalue weighted by Crippen LogP contribution is -2.06. The SMILES string of the molecule is N#CC(C#N)=C(/C(C#N)=N/Nc1cc(-c2ccccc2)[nH]n1)c1ccccc1. The van der Waals surface area contributed by atoms with Gasteiger partial charge in [-0.15, -0.1) is 0 Å². The number of aromatic nitrogens is 2. The van der Waals surface area contributed by atoms with Gasteiger partial charge >= 0.3 is 0 Å². The molecule has 2 N–H and O–H groups in total. The second kappa shape index (κ2) is 8.62. The van der Waals surface area contributed by atoms with Gasteiger partial charge in [0.25, 0.3) is 0 Å². The van der Waals surface area contributed by atoms with Gasteiger partial charge in [-0.25, -0.2) is 0 Å². The van der Waals surface area contributed by atoms with Gasteiger partial charge in [0.15, 0.2) is 11.5 Å². The third-order valence-electron chi connectivity index (χ3n) is 3.82. The molecule has 0 aliphatic carbocycles. The van der Waals surface area contributed by atoms with Crippen LogP contribution in [-0.2, 0) is 0 Å². The topological polar surface area (TPSA) is 124 Å². The third kappa shape index (κ3) is 3.94. The molecule has 0 aliphatic rings. The van der Waals surface area contributed by atoms with Crippen molar-refractivity contribution in [2.24, 2.45) is 5.10 Å². The Labute approximate surface area is 161 Å². The van der Waals surface area contributed by atoms with Crippen molar-refractivity contribution in [3.05, 3.63) is 77.9 Å². The van der Waals surface area contributed by atoms with Gasteiger partial charge in [-0.05, 0) is 11.1 Å². The number of nitrogens with one attached hydrogen (secondary N) is 2. The summed E-state index contributed by atoms with van der Waals surface area (Å²) >= 11 is 0. The normalized spacial score (nSPS) is 10.2. The molecular formula is C21H13N7. The summed E-state index contributed by atoms with van der Waals surface area (Å²) in [5.74, 6) is 0.398. The molecule has 7 heteroatoms. The molecule has 0 spiro atoms. The van der Waals surface area contributed by atoms with Crippen molar-refractivity contribution in [2.75, 3.05) is 5.43 Å². The maximum Gasteiger partial charge on any atom is 0.170 e. The number of hydrogen-bond acceptors (Lipinski definition) is 6. The smallest absolute Gasteiger partial charge is 0.170 e. The first kappa shape index (κ1) is 18.1. The number of H-pyrrole nitrogens is 1. The van der Waals surface area contributed by atoms with E-state index in [1.807, 2.05) is 48.5 Å². The maximum atomic E-state index is 9.56. The van der Waals surface area contributed by atoms with Crippen LogP contribution >= 0.6 is 0 Å². The molecule has 3 rings (SSSR count). The van der Waals surface area contributed by atoms with Crippen molar-refractivity contribution in [1.82, 2.24) is 10.2 Å². The Balaban J connectivity index is 1.94. The highest BCUT2D eigenvalue weighted by molar-refractivity contribution is 6.33. The molecule has 132 valence electrons. The number of nitriles is 3. The summed E-state index contributed by atoms with van der Waals surface area (Å²) in [5.41, 5.74) is 4.88. The van der Waals surface area contributed by atoms with E-state index in [2.05, 4.69) is 20.7 Å². The number of anilines is 1. The first-order valence-electron chi connectivity index (χ1n) is 8.21. The van der Waals surface area contributed by atoms with E-state index in [-0.39, 0.29) is 16.9 Å². The Hall–Kier alpha value is -4.67. The minimum absolute atomic E-state index is 0.0893. The van der Waals surface area contributed by atoms with Crippen molar-refractivity contribution in [1.29, 1.82) is 15.8 Å². The van der Waals surface area contributed by atoms with Gasteiger partial charge in [0.1, 0.15) is 23.8 Å². The van der Waals surface area contributed by atoms with Gasteiger partial charge in [-0.1, -0.05) is 60.7 Å². The molecule has 28 heavy (non-hydrogen) atoms. The van der Waals surface area contributed by atoms with Crippen molar-refractivity contribution < 1.29 is 0 Å². The second-order valence-corrected chi connectivity index (χ2v) is 5.56. The van der Waals surface area contributed by atoms with Gasteiger partial charge in [0, 0.05) is 11.6 Å².